The second-order valence-electron chi connectivity index (χ2n) is 5.86. The number of halogens is 1. The SMILES string of the molecule is COc1cc(C=C(NC(C)=O)C(=O)O)cc(Cl)c1OCc1cccc(C)c1. The zero-order valence-electron chi connectivity index (χ0n) is 15.2. The number of aryl methyl sites for hydroxylation is 1. The summed E-state index contributed by atoms with van der Waals surface area (Å²) in [4.78, 5) is 22.4. The standard InChI is InChI=1S/C20H20ClNO5/c1-12-5-4-6-14(7-12)11-27-19-16(21)8-15(10-18(19)26-3)9-17(20(24)25)22-13(2)23/h4-10H,11H2,1-3H3,(H,22,23)(H,24,25). The van der Waals surface area contributed by atoms with E-state index in [4.69, 9.17) is 21.1 Å². The van der Waals surface area contributed by atoms with E-state index in [2.05, 4.69) is 5.32 Å². The highest BCUT2D eigenvalue weighted by atomic mass is 35.5. The molecule has 142 valence electrons. The first-order valence-electron chi connectivity index (χ1n) is 8.08. The normalized spacial score (nSPS) is 11.0. The molecule has 0 spiro atoms. The Morgan fingerprint density at radius 2 is 2.00 bits per heavy atom. The Morgan fingerprint density at radius 1 is 1.26 bits per heavy atom. The van der Waals surface area contributed by atoms with Crippen molar-refractivity contribution in [1.82, 2.24) is 5.32 Å². The van der Waals surface area contributed by atoms with Crippen molar-refractivity contribution in [3.63, 3.8) is 0 Å². The maximum absolute atomic E-state index is 11.3. The first-order valence-corrected chi connectivity index (χ1v) is 8.46. The number of aliphatic carboxylic acids is 1. The monoisotopic (exact) mass is 389 g/mol. The maximum atomic E-state index is 11.3. The Morgan fingerprint density at radius 3 is 2.59 bits per heavy atom. The molecule has 0 atom stereocenters. The lowest BCUT2D eigenvalue weighted by Gasteiger charge is -2.14. The number of methoxy groups -OCH3 is 1. The van der Waals surface area contributed by atoms with E-state index in [-0.39, 0.29) is 10.7 Å². The number of carboxylic acid groups (broad SMARTS) is 1. The van der Waals surface area contributed by atoms with Crippen LogP contribution in [0.15, 0.2) is 42.1 Å². The number of carboxylic acids is 1. The minimum Gasteiger partial charge on any atom is -0.493 e. The highest BCUT2D eigenvalue weighted by molar-refractivity contribution is 6.32. The van der Waals surface area contributed by atoms with Crippen molar-refractivity contribution in [2.24, 2.45) is 0 Å². The van der Waals surface area contributed by atoms with E-state index >= 15 is 0 Å². The molecular weight excluding hydrogens is 370 g/mol. The topological polar surface area (TPSA) is 84.9 Å². The molecule has 0 saturated heterocycles. The zero-order valence-corrected chi connectivity index (χ0v) is 16.0. The summed E-state index contributed by atoms with van der Waals surface area (Å²) in [6.45, 7) is 3.53. The summed E-state index contributed by atoms with van der Waals surface area (Å²) >= 11 is 6.31. The molecule has 0 saturated carbocycles. The van der Waals surface area contributed by atoms with E-state index in [0.29, 0.717) is 23.7 Å². The van der Waals surface area contributed by atoms with E-state index in [1.807, 2.05) is 31.2 Å². The van der Waals surface area contributed by atoms with Gasteiger partial charge in [0.05, 0.1) is 12.1 Å². The van der Waals surface area contributed by atoms with Crippen molar-refractivity contribution >= 4 is 29.6 Å². The molecule has 0 fully saturated rings. The Balaban J connectivity index is 2.30. The Bertz CT molecular complexity index is 892. The van der Waals surface area contributed by atoms with Crippen LogP contribution in [0.3, 0.4) is 0 Å². The van der Waals surface area contributed by atoms with Crippen LogP contribution in [0.2, 0.25) is 5.02 Å². The molecule has 0 aliphatic carbocycles. The molecule has 0 bridgehead atoms. The summed E-state index contributed by atoms with van der Waals surface area (Å²) in [5.74, 6) is -1.04. The molecule has 0 unspecified atom stereocenters. The van der Waals surface area contributed by atoms with E-state index in [1.165, 1.54) is 20.1 Å². The predicted octanol–water partition coefficient (Wildman–Crippen LogP) is 3.80. The lowest BCUT2D eigenvalue weighted by molar-refractivity contribution is -0.134. The van der Waals surface area contributed by atoms with E-state index < -0.39 is 11.9 Å². The van der Waals surface area contributed by atoms with Crippen molar-refractivity contribution < 1.29 is 24.2 Å². The molecule has 7 heteroatoms. The molecule has 6 nitrogen and oxygen atoms in total. The van der Waals surface area contributed by atoms with Crippen molar-refractivity contribution in [3.05, 3.63) is 63.8 Å². The highest BCUT2D eigenvalue weighted by Crippen LogP contribution is 2.37. The molecule has 2 rings (SSSR count). The number of benzene rings is 2. The third kappa shape index (κ3) is 5.76. The molecule has 2 aromatic carbocycles. The first kappa shape index (κ1) is 20.3. The second-order valence-corrected chi connectivity index (χ2v) is 6.26. The van der Waals surface area contributed by atoms with Crippen LogP contribution in [-0.2, 0) is 16.2 Å². The molecule has 2 aromatic rings. The average Bonchev–Trinajstić information content (AvgIpc) is 2.59. The summed E-state index contributed by atoms with van der Waals surface area (Å²) in [6, 6.07) is 11.0. The Kier molecular flexibility index (Phi) is 6.85. The van der Waals surface area contributed by atoms with Crippen LogP contribution in [0.5, 0.6) is 11.5 Å². The van der Waals surface area contributed by atoms with Gasteiger partial charge in [-0.15, -0.1) is 0 Å². The van der Waals surface area contributed by atoms with Crippen LogP contribution in [0.1, 0.15) is 23.6 Å². The van der Waals surface area contributed by atoms with Gasteiger partial charge in [-0.05, 0) is 36.3 Å². The van der Waals surface area contributed by atoms with Gasteiger partial charge in [0, 0.05) is 6.92 Å². The third-order valence-corrected chi connectivity index (χ3v) is 3.85. The number of hydrogen-bond acceptors (Lipinski definition) is 4. The summed E-state index contributed by atoms with van der Waals surface area (Å²) in [6.07, 6.45) is 1.29. The van der Waals surface area contributed by atoms with Crippen LogP contribution in [0.4, 0.5) is 0 Å². The van der Waals surface area contributed by atoms with Gasteiger partial charge in [0.25, 0.3) is 0 Å². The fourth-order valence-corrected chi connectivity index (χ4v) is 2.70. The molecule has 0 aliphatic heterocycles. The fraction of sp³-hybridized carbons (Fsp3) is 0.200. The smallest absolute Gasteiger partial charge is 0.352 e. The molecule has 2 N–H and O–H groups in total. The lowest BCUT2D eigenvalue weighted by atomic mass is 10.1. The summed E-state index contributed by atoms with van der Waals surface area (Å²) < 4.78 is 11.1. The number of carbonyl (C=O) groups is 2. The highest BCUT2D eigenvalue weighted by Gasteiger charge is 2.14. The zero-order chi connectivity index (χ0) is 20.0. The Hall–Kier alpha value is -2.99. The van der Waals surface area contributed by atoms with Crippen LogP contribution < -0.4 is 14.8 Å². The molecule has 0 aromatic heterocycles. The van der Waals surface area contributed by atoms with Gasteiger partial charge < -0.3 is 19.9 Å². The lowest BCUT2D eigenvalue weighted by Crippen LogP contribution is -2.24. The minimum atomic E-state index is -1.26. The van der Waals surface area contributed by atoms with Gasteiger partial charge >= 0.3 is 5.97 Å². The van der Waals surface area contributed by atoms with Gasteiger partial charge in [-0.25, -0.2) is 4.79 Å². The number of rotatable bonds is 7. The summed E-state index contributed by atoms with van der Waals surface area (Å²) in [7, 11) is 1.46. The van der Waals surface area contributed by atoms with Crippen molar-refractivity contribution in [1.29, 1.82) is 0 Å². The molecule has 0 heterocycles. The van der Waals surface area contributed by atoms with Crippen molar-refractivity contribution in [2.45, 2.75) is 20.5 Å². The van der Waals surface area contributed by atoms with E-state index in [1.54, 1.807) is 12.1 Å². The summed E-state index contributed by atoms with van der Waals surface area (Å²) in [5.41, 5.74) is 2.28. The van der Waals surface area contributed by atoms with E-state index in [9.17, 15) is 14.7 Å². The van der Waals surface area contributed by atoms with Crippen molar-refractivity contribution in [3.8, 4) is 11.5 Å². The van der Waals surface area contributed by atoms with Gasteiger partial charge in [-0.3, -0.25) is 4.79 Å². The number of carbonyl (C=O) groups excluding carboxylic acids is 1. The van der Waals surface area contributed by atoms with Gasteiger partial charge in [0.15, 0.2) is 11.5 Å². The molecule has 1 amide bonds. The largest absolute Gasteiger partial charge is 0.493 e. The molecule has 0 aliphatic rings. The molecular formula is C20H20ClNO5. The second kappa shape index (κ2) is 9.09. The van der Waals surface area contributed by atoms with Crippen LogP contribution in [-0.4, -0.2) is 24.1 Å². The van der Waals surface area contributed by atoms with Crippen LogP contribution >= 0.6 is 11.6 Å². The number of ether oxygens (including phenoxy) is 2. The summed E-state index contributed by atoms with van der Waals surface area (Å²) in [5, 5.41) is 11.7. The quantitative estimate of drug-likeness (QED) is 0.703. The molecule has 27 heavy (non-hydrogen) atoms. The Labute approximate surface area is 162 Å². The number of amides is 1. The van der Waals surface area contributed by atoms with Crippen LogP contribution in [0.25, 0.3) is 6.08 Å². The molecule has 0 radical (unpaired) electrons. The average molecular weight is 390 g/mol. The predicted molar refractivity (Wildman–Crippen MR) is 103 cm³/mol. The third-order valence-electron chi connectivity index (χ3n) is 3.57. The first-order chi connectivity index (χ1) is 12.8. The minimum absolute atomic E-state index is 0.265. The maximum Gasteiger partial charge on any atom is 0.352 e. The van der Waals surface area contributed by atoms with Gasteiger partial charge in [0.1, 0.15) is 12.3 Å². The van der Waals surface area contributed by atoms with Gasteiger partial charge in [-0.1, -0.05) is 41.4 Å². The number of nitrogens with one attached hydrogen (secondary N) is 1. The van der Waals surface area contributed by atoms with E-state index in [0.717, 1.165) is 11.1 Å². The fourth-order valence-electron chi connectivity index (χ4n) is 2.43. The van der Waals surface area contributed by atoms with Gasteiger partial charge in [0.2, 0.25) is 5.91 Å². The van der Waals surface area contributed by atoms with Crippen LogP contribution in [0, 0.1) is 6.92 Å². The number of hydrogen-bond donors (Lipinski definition) is 2. The van der Waals surface area contributed by atoms with Crippen molar-refractivity contribution in [2.75, 3.05) is 7.11 Å². The van der Waals surface area contributed by atoms with Gasteiger partial charge in [-0.2, -0.15) is 0 Å².